The molecule has 1 amide bonds. The standard InChI is InChI=1S/C32H53NO5/c1-3-5-7-9-11-12-13-14-16-17-20-24-29(25-21-19-22-26-30(34)33-28-31(35)36)38-32(37)27-23-18-15-10-8-6-4-2/h5,7,11-12,14,16,20,24,29H,3-4,6,8-10,13,15,17-19,21-23,25-28H2,1-2H3,(H,33,34)(H,35,36)/b7-5-,12-11-,16-14-,24-20-. The first-order valence-electron chi connectivity index (χ1n) is 14.8. The van der Waals surface area contributed by atoms with Gasteiger partial charge in [0.25, 0.3) is 0 Å². The van der Waals surface area contributed by atoms with Gasteiger partial charge in [0.2, 0.25) is 5.91 Å². The van der Waals surface area contributed by atoms with Gasteiger partial charge in [0.05, 0.1) is 0 Å². The first kappa shape index (κ1) is 35.4. The van der Waals surface area contributed by atoms with Crippen molar-refractivity contribution in [1.82, 2.24) is 5.32 Å². The molecule has 1 unspecified atom stereocenters. The maximum Gasteiger partial charge on any atom is 0.322 e. The smallest absolute Gasteiger partial charge is 0.322 e. The highest BCUT2D eigenvalue weighted by molar-refractivity contribution is 5.80. The van der Waals surface area contributed by atoms with E-state index in [1.54, 1.807) is 0 Å². The van der Waals surface area contributed by atoms with Crippen LogP contribution >= 0.6 is 0 Å². The summed E-state index contributed by atoms with van der Waals surface area (Å²) in [6, 6.07) is 0. The summed E-state index contributed by atoms with van der Waals surface area (Å²) in [5.41, 5.74) is 0. The van der Waals surface area contributed by atoms with Gasteiger partial charge in [0.1, 0.15) is 12.6 Å². The molecule has 216 valence electrons. The molecular weight excluding hydrogens is 478 g/mol. The molecule has 0 radical (unpaired) electrons. The molecule has 0 aromatic rings. The number of hydrogen-bond acceptors (Lipinski definition) is 4. The van der Waals surface area contributed by atoms with Crippen molar-refractivity contribution in [3.05, 3.63) is 48.6 Å². The largest absolute Gasteiger partial charge is 0.480 e. The summed E-state index contributed by atoms with van der Waals surface area (Å²) < 4.78 is 5.77. The molecule has 0 rings (SSSR count). The number of amides is 1. The zero-order chi connectivity index (χ0) is 28.1. The summed E-state index contributed by atoms with van der Waals surface area (Å²) in [6.07, 6.45) is 32.4. The second kappa shape index (κ2) is 27.4. The van der Waals surface area contributed by atoms with Crippen molar-refractivity contribution in [3.8, 4) is 0 Å². The first-order valence-corrected chi connectivity index (χ1v) is 14.8. The van der Waals surface area contributed by atoms with Crippen molar-refractivity contribution in [3.63, 3.8) is 0 Å². The van der Waals surface area contributed by atoms with E-state index in [9.17, 15) is 14.4 Å². The van der Waals surface area contributed by atoms with E-state index in [1.807, 2.05) is 6.08 Å². The van der Waals surface area contributed by atoms with Crippen LogP contribution in [0.1, 0.15) is 123 Å². The average molecular weight is 532 g/mol. The van der Waals surface area contributed by atoms with Gasteiger partial charge in [-0.25, -0.2) is 0 Å². The van der Waals surface area contributed by atoms with Crippen molar-refractivity contribution < 1.29 is 24.2 Å². The Kier molecular flexibility index (Phi) is 25.5. The number of aliphatic carboxylic acids is 1. The second-order valence-electron chi connectivity index (χ2n) is 9.63. The normalized spacial score (nSPS) is 12.7. The van der Waals surface area contributed by atoms with E-state index in [-0.39, 0.29) is 24.5 Å². The number of carboxylic acid groups (broad SMARTS) is 1. The Bertz CT molecular complexity index is 723. The molecule has 38 heavy (non-hydrogen) atoms. The van der Waals surface area contributed by atoms with Gasteiger partial charge < -0.3 is 15.2 Å². The lowest BCUT2D eigenvalue weighted by molar-refractivity contribution is -0.147. The van der Waals surface area contributed by atoms with E-state index in [1.165, 1.54) is 32.1 Å². The maximum atomic E-state index is 12.4. The van der Waals surface area contributed by atoms with Crippen molar-refractivity contribution in [2.75, 3.05) is 6.54 Å². The highest BCUT2D eigenvalue weighted by atomic mass is 16.5. The molecule has 0 aliphatic rings. The van der Waals surface area contributed by atoms with Gasteiger partial charge >= 0.3 is 11.9 Å². The summed E-state index contributed by atoms with van der Waals surface area (Å²) in [5, 5.41) is 11.0. The van der Waals surface area contributed by atoms with Crippen LogP contribution in [0.2, 0.25) is 0 Å². The van der Waals surface area contributed by atoms with E-state index in [0.717, 1.165) is 51.4 Å². The van der Waals surface area contributed by atoms with Crippen LogP contribution in [0.5, 0.6) is 0 Å². The third kappa shape index (κ3) is 26.4. The maximum absolute atomic E-state index is 12.4. The molecule has 0 heterocycles. The van der Waals surface area contributed by atoms with Gasteiger partial charge in [-0.15, -0.1) is 0 Å². The fourth-order valence-corrected chi connectivity index (χ4v) is 3.83. The number of carbonyl (C=O) groups excluding carboxylic acids is 2. The Labute approximate surface area is 231 Å². The summed E-state index contributed by atoms with van der Waals surface area (Å²) in [7, 11) is 0. The number of unbranched alkanes of at least 4 members (excludes halogenated alkanes) is 8. The van der Waals surface area contributed by atoms with E-state index in [4.69, 9.17) is 9.84 Å². The number of ether oxygens (including phenoxy) is 1. The molecule has 0 fully saturated rings. The van der Waals surface area contributed by atoms with Crippen molar-refractivity contribution in [2.45, 2.75) is 129 Å². The Balaban J connectivity index is 4.44. The lowest BCUT2D eigenvalue weighted by atomic mass is 10.1. The quantitative estimate of drug-likeness (QED) is 0.0707. The van der Waals surface area contributed by atoms with Gasteiger partial charge in [-0.1, -0.05) is 101 Å². The number of allylic oxidation sites excluding steroid dienone is 7. The van der Waals surface area contributed by atoms with Crippen LogP contribution in [-0.4, -0.2) is 35.6 Å². The fraction of sp³-hybridized carbons (Fsp3) is 0.656. The second-order valence-corrected chi connectivity index (χ2v) is 9.63. The third-order valence-electron chi connectivity index (χ3n) is 6.00. The molecule has 1 atom stereocenters. The minimum atomic E-state index is -1.04. The molecule has 0 saturated carbocycles. The number of nitrogens with one attached hydrogen (secondary N) is 1. The monoisotopic (exact) mass is 531 g/mol. The summed E-state index contributed by atoms with van der Waals surface area (Å²) >= 11 is 0. The fourth-order valence-electron chi connectivity index (χ4n) is 3.83. The lowest BCUT2D eigenvalue weighted by Crippen LogP contribution is -2.28. The summed E-state index contributed by atoms with van der Waals surface area (Å²) in [6.45, 7) is 4.00. The Morgan fingerprint density at radius 2 is 1.26 bits per heavy atom. The number of hydrogen-bond donors (Lipinski definition) is 2. The van der Waals surface area contributed by atoms with E-state index in [0.29, 0.717) is 25.7 Å². The van der Waals surface area contributed by atoms with E-state index >= 15 is 0 Å². The van der Waals surface area contributed by atoms with Crippen molar-refractivity contribution >= 4 is 17.8 Å². The highest BCUT2D eigenvalue weighted by Crippen LogP contribution is 2.14. The van der Waals surface area contributed by atoms with Gasteiger partial charge in [-0.2, -0.15) is 0 Å². The molecule has 0 bridgehead atoms. The van der Waals surface area contributed by atoms with E-state index < -0.39 is 5.97 Å². The molecule has 0 aliphatic heterocycles. The van der Waals surface area contributed by atoms with Crippen LogP contribution < -0.4 is 5.32 Å². The lowest BCUT2D eigenvalue weighted by Gasteiger charge is -2.14. The highest BCUT2D eigenvalue weighted by Gasteiger charge is 2.12. The average Bonchev–Trinajstić information content (AvgIpc) is 2.89. The Morgan fingerprint density at radius 1 is 0.711 bits per heavy atom. The predicted octanol–water partition coefficient (Wildman–Crippen LogP) is 8.00. The summed E-state index contributed by atoms with van der Waals surface area (Å²) in [5.74, 6) is -1.43. The van der Waals surface area contributed by atoms with Gasteiger partial charge in [-0.3, -0.25) is 14.4 Å². The zero-order valence-electron chi connectivity index (χ0n) is 24.0. The van der Waals surface area contributed by atoms with Gasteiger partial charge in [0.15, 0.2) is 0 Å². The third-order valence-corrected chi connectivity index (χ3v) is 6.00. The van der Waals surface area contributed by atoms with Crippen molar-refractivity contribution in [2.24, 2.45) is 0 Å². The minimum Gasteiger partial charge on any atom is -0.480 e. The molecule has 0 spiro atoms. The van der Waals surface area contributed by atoms with Crippen LogP contribution in [0.3, 0.4) is 0 Å². The van der Waals surface area contributed by atoms with Crippen LogP contribution in [-0.2, 0) is 19.1 Å². The molecule has 0 saturated heterocycles. The van der Waals surface area contributed by atoms with Gasteiger partial charge in [0, 0.05) is 12.8 Å². The molecule has 2 N–H and O–H groups in total. The number of rotatable bonds is 25. The van der Waals surface area contributed by atoms with E-state index in [2.05, 4.69) is 61.7 Å². The Hall–Kier alpha value is -2.63. The molecule has 0 aromatic heterocycles. The number of esters is 1. The van der Waals surface area contributed by atoms with Gasteiger partial charge in [-0.05, 0) is 57.4 Å². The molecule has 0 aromatic carbocycles. The molecule has 0 aliphatic carbocycles. The summed E-state index contributed by atoms with van der Waals surface area (Å²) in [4.78, 5) is 34.6. The van der Waals surface area contributed by atoms with Crippen molar-refractivity contribution in [1.29, 1.82) is 0 Å². The Morgan fingerprint density at radius 3 is 1.89 bits per heavy atom. The SMILES string of the molecule is CC/C=C\C/C=C\C/C=C\C/C=C\C(CCCCCC(=O)NCC(=O)O)OC(=O)CCCCCCCCC. The molecule has 6 nitrogen and oxygen atoms in total. The predicted molar refractivity (Wildman–Crippen MR) is 157 cm³/mol. The van der Waals surface area contributed by atoms with Crippen LogP contribution in [0, 0.1) is 0 Å². The molecule has 6 heteroatoms. The van der Waals surface area contributed by atoms with Crippen LogP contribution in [0.15, 0.2) is 48.6 Å². The minimum absolute atomic E-state index is 0.140. The van der Waals surface area contributed by atoms with Crippen LogP contribution in [0.25, 0.3) is 0 Å². The van der Waals surface area contributed by atoms with Crippen LogP contribution in [0.4, 0.5) is 0 Å². The topological polar surface area (TPSA) is 92.7 Å². The zero-order valence-corrected chi connectivity index (χ0v) is 24.0. The number of carbonyl (C=O) groups is 3. The first-order chi connectivity index (χ1) is 18.5. The number of carboxylic acids is 1. The molecular formula is C32H53NO5.